The summed E-state index contributed by atoms with van der Waals surface area (Å²) >= 11 is 0. The van der Waals surface area contributed by atoms with Gasteiger partial charge in [0.15, 0.2) is 9.84 Å². The molecule has 1 fully saturated rings. The summed E-state index contributed by atoms with van der Waals surface area (Å²) in [6, 6.07) is 0.130. The van der Waals surface area contributed by atoms with Crippen LogP contribution in [0.4, 0.5) is 0 Å². The van der Waals surface area contributed by atoms with Crippen LogP contribution in [-0.4, -0.2) is 42.6 Å². The van der Waals surface area contributed by atoms with Gasteiger partial charge in [0.05, 0.1) is 16.4 Å². The van der Waals surface area contributed by atoms with E-state index in [0.29, 0.717) is 13.0 Å². The van der Waals surface area contributed by atoms with Gasteiger partial charge in [0.25, 0.3) is 0 Å². The van der Waals surface area contributed by atoms with Gasteiger partial charge in [-0.15, -0.1) is 0 Å². The third-order valence-electron chi connectivity index (χ3n) is 3.76. The summed E-state index contributed by atoms with van der Waals surface area (Å²) in [6.07, 6.45) is 3.15. The molecule has 2 N–H and O–H groups in total. The third kappa shape index (κ3) is 4.76. The molecule has 0 saturated heterocycles. The maximum Gasteiger partial charge on any atom is 0.306 e. The highest BCUT2D eigenvalue weighted by Gasteiger charge is 2.30. The average molecular weight is 291 g/mol. The maximum absolute atomic E-state index is 11.9. The molecular weight excluding hydrogens is 266 g/mol. The molecule has 0 aromatic rings. The molecule has 19 heavy (non-hydrogen) atoms. The van der Waals surface area contributed by atoms with Gasteiger partial charge in [-0.25, -0.2) is 8.42 Å². The van der Waals surface area contributed by atoms with Crippen molar-refractivity contribution in [3.05, 3.63) is 0 Å². The number of sulfone groups is 1. The summed E-state index contributed by atoms with van der Waals surface area (Å²) < 4.78 is 23.1. The number of carboxylic acid groups (broad SMARTS) is 1. The first-order chi connectivity index (χ1) is 8.63. The van der Waals surface area contributed by atoms with E-state index in [1.165, 1.54) is 0 Å². The van der Waals surface area contributed by atoms with Crippen molar-refractivity contribution in [2.45, 2.75) is 57.2 Å². The van der Waals surface area contributed by atoms with Gasteiger partial charge >= 0.3 is 5.97 Å². The number of carbonyl (C=O) groups is 1. The van der Waals surface area contributed by atoms with E-state index in [-0.39, 0.29) is 17.7 Å². The molecule has 0 heterocycles. The molecule has 6 heteroatoms. The normalized spacial score (nSPS) is 25.2. The molecular formula is C13H25NO4S. The van der Waals surface area contributed by atoms with Gasteiger partial charge in [0.1, 0.15) is 0 Å². The minimum atomic E-state index is -3.11. The molecule has 1 aliphatic rings. The van der Waals surface area contributed by atoms with E-state index in [4.69, 9.17) is 5.11 Å². The van der Waals surface area contributed by atoms with E-state index in [2.05, 4.69) is 5.32 Å². The van der Waals surface area contributed by atoms with E-state index >= 15 is 0 Å². The van der Waals surface area contributed by atoms with Crippen molar-refractivity contribution < 1.29 is 18.3 Å². The van der Waals surface area contributed by atoms with Crippen LogP contribution >= 0.6 is 0 Å². The second-order valence-electron chi connectivity index (χ2n) is 6.28. The van der Waals surface area contributed by atoms with Crippen molar-refractivity contribution in [1.82, 2.24) is 5.32 Å². The Morgan fingerprint density at radius 1 is 1.32 bits per heavy atom. The molecule has 1 rings (SSSR count). The molecule has 5 nitrogen and oxygen atoms in total. The van der Waals surface area contributed by atoms with Crippen molar-refractivity contribution in [3.8, 4) is 0 Å². The molecule has 0 aromatic carbocycles. The van der Waals surface area contributed by atoms with Crippen LogP contribution in [0.1, 0.15) is 46.5 Å². The van der Waals surface area contributed by atoms with Crippen LogP contribution in [0, 0.1) is 5.92 Å². The lowest BCUT2D eigenvalue weighted by molar-refractivity contribution is -0.143. The molecule has 0 bridgehead atoms. The van der Waals surface area contributed by atoms with Crippen molar-refractivity contribution >= 4 is 15.8 Å². The fourth-order valence-corrected chi connectivity index (χ4v) is 3.30. The van der Waals surface area contributed by atoms with Crippen LogP contribution in [0.3, 0.4) is 0 Å². The van der Waals surface area contributed by atoms with Gasteiger partial charge in [-0.05, 0) is 40.0 Å². The SMILES string of the molecule is CC(C)(C)S(=O)(=O)CCNC1CCCC(C(=O)O)C1. The van der Waals surface area contributed by atoms with Crippen molar-refractivity contribution in [2.75, 3.05) is 12.3 Å². The molecule has 0 aromatic heterocycles. The van der Waals surface area contributed by atoms with Crippen LogP contribution in [0.15, 0.2) is 0 Å². The lowest BCUT2D eigenvalue weighted by Crippen LogP contribution is -2.41. The summed E-state index contributed by atoms with van der Waals surface area (Å²) in [4.78, 5) is 10.9. The predicted octanol–water partition coefficient (Wildman–Crippen LogP) is 1.43. The average Bonchev–Trinajstić information content (AvgIpc) is 2.27. The number of nitrogens with one attached hydrogen (secondary N) is 1. The fraction of sp³-hybridized carbons (Fsp3) is 0.923. The number of rotatable bonds is 5. The van der Waals surface area contributed by atoms with Gasteiger partial charge in [0, 0.05) is 12.6 Å². The van der Waals surface area contributed by atoms with Crippen molar-refractivity contribution in [3.63, 3.8) is 0 Å². The molecule has 0 aliphatic heterocycles. The van der Waals surface area contributed by atoms with E-state index in [1.807, 2.05) is 0 Å². The molecule has 112 valence electrons. The number of aliphatic carboxylic acids is 1. The number of hydrogen-bond donors (Lipinski definition) is 2. The lowest BCUT2D eigenvalue weighted by atomic mass is 9.86. The second kappa shape index (κ2) is 6.22. The summed E-state index contributed by atoms with van der Waals surface area (Å²) in [5, 5.41) is 12.2. The zero-order valence-corrected chi connectivity index (χ0v) is 12.8. The van der Waals surface area contributed by atoms with Gasteiger partial charge in [-0.1, -0.05) is 6.42 Å². The highest BCUT2D eigenvalue weighted by Crippen LogP contribution is 2.24. The zero-order chi connectivity index (χ0) is 14.7. The minimum absolute atomic E-state index is 0.102. The Kier molecular flexibility index (Phi) is 5.38. The predicted molar refractivity (Wildman–Crippen MR) is 74.9 cm³/mol. The Labute approximate surface area is 115 Å². The molecule has 0 amide bonds. The van der Waals surface area contributed by atoms with Gasteiger partial charge < -0.3 is 10.4 Å². The van der Waals surface area contributed by atoms with Gasteiger partial charge in [-0.3, -0.25) is 4.79 Å². The smallest absolute Gasteiger partial charge is 0.306 e. The second-order valence-corrected chi connectivity index (χ2v) is 9.15. The molecule has 1 aliphatic carbocycles. The van der Waals surface area contributed by atoms with Crippen LogP contribution in [0.5, 0.6) is 0 Å². The van der Waals surface area contributed by atoms with E-state index < -0.39 is 20.6 Å². The van der Waals surface area contributed by atoms with Crippen LogP contribution in [0.25, 0.3) is 0 Å². The molecule has 0 radical (unpaired) electrons. The zero-order valence-electron chi connectivity index (χ0n) is 12.0. The Balaban J connectivity index is 2.40. The van der Waals surface area contributed by atoms with Gasteiger partial charge in [0.2, 0.25) is 0 Å². The summed E-state index contributed by atoms with van der Waals surface area (Å²) in [7, 11) is -3.11. The van der Waals surface area contributed by atoms with E-state index in [0.717, 1.165) is 19.3 Å². The van der Waals surface area contributed by atoms with Crippen LogP contribution in [0.2, 0.25) is 0 Å². The maximum atomic E-state index is 11.9. The van der Waals surface area contributed by atoms with Gasteiger partial charge in [-0.2, -0.15) is 0 Å². The van der Waals surface area contributed by atoms with E-state index in [9.17, 15) is 13.2 Å². The molecule has 2 unspecified atom stereocenters. The first-order valence-corrected chi connectivity index (χ1v) is 8.47. The highest BCUT2D eigenvalue weighted by atomic mass is 32.2. The standard InChI is InChI=1S/C13H25NO4S/c1-13(2,3)19(17,18)8-7-14-11-6-4-5-10(9-11)12(15)16/h10-11,14H,4-9H2,1-3H3,(H,15,16). The summed E-state index contributed by atoms with van der Waals surface area (Å²) in [5.74, 6) is -0.927. The molecule has 0 spiro atoms. The Bertz CT molecular complexity index is 411. The Morgan fingerprint density at radius 3 is 2.47 bits per heavy atom. The van der Waals surface area contributed by atoms with Crippen molar-refractivity contribution in [2.24, 2.45) is 5.92 Å². The Hall–Kier alpha value is -0.620. The lowest BCUT2D eigenvalue weighted by Gasteiger charge is -2.28. The third-order valence-corrected chi connectivity index (χ3v) is 6.37. The largest absolute Gasteiger partial charge is 0.481 e. The monoisotopic (exact) mass is 291 g/mol. The highest BCUT2D eigenvalue weighted by molar-refractivity contribution is 7.92. The first-order valence-electron chi connectivity index (χ1n) is 6.82. The first kappa shape index (κ1) is 16.4. The number of carboxylic acids is 1. The van der Waals surface area contributed by atoms with E-state index in [1.54, 1.807) is 20.8 Å². The molecule has 1 saturated carbocycles. The quantitative estimate of drug-likeness (QED) is 0.800. The topological polar surface area (TPSA) is 83.5 Å². The van der Waals surface area contributed by atoms with Crippen molar-refractivity contribution in [1.29, 1.82) is 0 Å². The van der Waals surface area contributed by atoms with Crippen LogP contribution < -0.4 is 5.32 Å². The fourth-order valence-electron chi connectivity index (χ4n) is 2.30. The minimum Gasteiger partial charge on any atom is -0.481 e. The molecule has 2 atom stereocenters. The van der Waals surface area contributed by atoms with Crippen LogP contribution in [-0.2, 0) is 14.6 Å². The summed E-state index contributed by atoms with van der Waals surface area (Å²) in [5.41, 5.74) is 0. The number of hydrogen-bond acceptors (Lipinski definition) is 4. The summed E-state index contributed by atoms with van der Waals surface area (Å²) in [6.45, 7) is 5.49. The Morgan fingerprint density at radius 2 is 1.95 bits per heavy atom.